The molecule has 1 rings (SSSR count). The van der Waals surface area contributed by atoms with Gasteiger partial charge < -0.3 is 9.84 Å². The van der Waals surface area contributed by atoms with Crippen LogP contribution in [0, 0.1) is 6.92 Å². The van der Waals surface area contributed by atoms with Crippen molar-refractivity contribution in [3.05, 3.63) is 27.2 Å². The standard InChI is InChI=1S/C14H21BrO2/c1-8(2)10-7-11(15)9(3)12(13(10)17-6)14(4,5)16/h7-8,16H,1-6H3. The van der Waals surface area contributed by atoms with Crippen LogP contribution in [0.1, 0.15) is 50.3 Å². The SMILES string of the molecule is COc1c(C(C)C)cc(Br)c(C)c1C(C)(C)O. The van der Waals surface area contributed by atoms with Crippen LogP contribution in [-0.4, -0.2) is 12.2 Å². The summed E-state index contributed by atoms with van der Waals surface area (Å²) in [5.41, 5.74) is 2.09. The van der Waals surface area contributed by atoms with Crippen molar-refractivity contribution < 1.29 is 9.84 Å². The summed E-state index contributed by atoms with van der Waals surface area (Å²) in [6.07, 6.45) is 0. The predicted octanol–water partition coefficient (Wildman–Crippen LogP) is 4.12. The summed E-state index contributed by atoms with van der Waals surface area (Å²) in [4.78, 5) is 0. The Morgan fingerprint density at radius 1 is 1.35 bits per heavy atom. The molecule has 3 heteroatoms. The molecule has 1 aromatic rings. The molecule has 0 unspecified atom stereocenters. The fourth-order valence-electron chi connectivity index (χ4n) is 2.13. The molecule has 2 nitrogen and oxygen atoms in total. The first-order valence-electron chi connectivity index (χ1n) is 5.80. The zero-order chi connectivity index (χ0) is 13.4. The minimum absolute atomic E-state index is 0.350. The summed E-state index contributed by atoms with van der Waals surface area (Å²) in [7, 11) is 1.66. The van der Waals surface area contributed by atoms with Gasteiger partial charge in [0, 0.05) is 10.0 Å². The van der Waals surface area contributed by atoms with Gasteiger partial charge in [-0.05, 0) is 43.9 Å². The number of hydrogen-bond donors (Lipinski definition) is 1. The average Bonchev–Trinajstić information content (AvgIpc) is 2.18. The van der Waals surface area contributed by atoms with Crippen LogP contribution in [0.15, 0.2) is 10.5 Å². The first-order valence-corrected chi connectivity index (χ1v) is 6.59. The number of aliphatic hydroxyl groups is 1. The van der Waals surface area contributed by atoms with E-state index >= 15 is 0 Å². The Morgan fingerprint density at radius 2 is 1.88 bits per heavy atom. The van der Waals surface area contributed by atoms with E-state index < -0.39 is 5.60 Å². The molecule has 0 saturated carbocycles. The lowest BCUT2D eigenvalue weighted by molar-refractivity contribution is 0.0746. The highest BCUT2D eigenvalue weighted by atomic mass is 79.9. The molecule has 0 saturated heterocycles. The van der Waals surface area contributed by atoms with Gasteiger partial charge in [0.25, 0.3) is 0 Å². The first kappa shape index (κ1) is 14.5. The highest BCUT2D eigenvalue weighted by Gasteiger charge is 2.27. The number of hydrogen-bond acceptors (Lipinski definition) is 2. The molecule has 1 aromatic carbocycles. The summed E-state index contributed by atoms with van der Waals surface area (Å²) < 4.78 is 6.53. The molecule has 17 heavy (non-hydrogen) atoms. The van der Waals surface area contributed by atoms with Crippen LogP contribution in [-0.2, 0) is 5.60 Å². The van der Waals surface area contributed by atoms with Gasteiger partial charge in [0.1, 0.15) is 5.75 Å². The molecule has 0 aliphatic carbocycles. The van der Waals surface area contributed by atoms with Gasteiger partial charge >= 0.3 is 0 Å². The first-order chi connectivity index (χ1) is 7.70. The van der Waals surface area contributed by atoms with Crippen molar-refractivity contribution in [2.24, 2.45) is 0 Å². The van der Waals surface area contributed by atoms with Gasteiger partial charge in [0.15, 0.2) is 0 Å². The topological polar surface area (TPSA) is 29.5 Å². The van der Waals surface area contributed by atoms with E-state index in [9.17, 15) is 5.11 Å². The molecule has 0 atom stereocenters. The molecule has 0 spiro atoms. The molecule has 0 radical (unpaired) electrons. The Morgan fingerprint density at radius 3 is 2.24 bits per heavy atom. The van der Waals surface area contributed by atoms with Gasteiger partial charge in [0.2, 0.25) is 0 Å². The molecule has 0 bridgehead atoms. The Bertz CT molecular complexity index is 417. The van der Waals surface area contributed by atoms with Gasteiger partial charge in [-0.25, -0.2) is 0 Å². The third-order valence-electron chi connectivity index (χ3n) is 2.94. The number of rotatable bonds is 3. The smallest absolute Gasteiger partial charge is 0.128 e. The molecular formula is C14H21BrO2. The number of ether oxygens (including phenoxy) is 1. The van der Waals surface area contributed by atoms with Gasteiger partial charge in [-0.3, -0.25) is 0 Å². The summed E-state index contributed by atoms with van der Waals surface area (Å²) in [5, 5.41) is 10.3. The Hall–Kier alpha value is -0.540. The van der Waals surface area contributed by atoms with E-state index in [2.05, 4.69) is 35.8 Å². The van der Waals surface area contributed by atoms with Crippen LogP contribution < -0.4 is 4.74 Å². The molecular weight excluding hydrogens is 280 g/mol. The normalized spacial score (nSPS) is 12.1. The van der Waals surface area contributed by atoms with Crippen LogP contribution in [0.5, 0.6) is 5.75 Å². The fraction of sp³-hybridized carbons (Fsp3) is 0.571. The van der Waals surface area contributed by atoms with Crippen molar-refractivity contribution in [2.45, 2.75) is 46.1 Å². The lowest BCUT2D eigenvalue weighted by atomic mass is 9.88. The minimum atomic E-state index is -0.914. The van der Waals surface area contributed by atoms with Crippen LogP contribution in [0.2, 0.25) is 0 Å². The maximum absolute atomic E-state index is 10.3. The van der Waals surface area contributed by atoms with Crippen molar-refractivity contribution in [1.82, 2.24) is 0 Å². The Kier molecular flexibility index (Phi) is 4.26. The minimum Gasteiger partial charge on any atom is -0.496 e. The van der Waals surface area contributed by atoms with E-state index in [1.807, 2.05) is 6.92 Å². The zero-order valence-corrected chi connectivity index (χ0v) is 13.0. The van der Waals surface area contributed by atoms with Gasteiger partial charge in [0.05, 0.1) is 12.7 Å². The fourth-order valence-corrected chi connectivity index (χ4v) is 2.57. The van der Waals surface area contributed by atoms with Crippen molar-refractivity contribution in [2.75, 3.05) is 7.11 Å². The van der Waals surface area contributed by atoms with Crippen LogP contribution >= 0.6 is 15.9 Å². The van der Waals surface area contributed by atoms with Gasteiger partial charge in [-0.15, -0.1) is 0 Å². The van der Waals surface area contributed by atoms with E-state index in [4.69, 9.17) is 4.74 Å². The largest absolute Gasteiger partial charge is 0.496 e. The highest BCUT2D eigenvalue weighted by Crippen LogP contribution is 2.41. The van der Waals surface area contributed by atoms with Crippen LogP contribution in [0.4, 0.5) is 0 Å². The third-order valence-corrected chi connectivity index (χ3v) is 3.77. The molecule has 96 valence electrons. The Labute approximate surface area is 112 Å². The highest BCUT2D eigenvalue weighted by molar-refractivity contribution is 9.10. The molecule has 0 aliphatic rings. The predicted molar refractivity (Wildman–Crippen MR) is 74.8 cm³/mol. The number of methoxy groups -OCH3 is 1. The maximum atomic E-state index is 10.3. The molecule has 0 aromatic heterocycles. The van der Waals surface area contributed by atoms with Crippen molar-refractivity contribution >= 4 is 15.9 Å². The monoisotopic (exact) mass is 300 g/mol. The number of halogens is 1. The second-order valence-corrected chi connectivity index (χ2v) is 6.05. The average molecular weight is 301 g/mol. The van der Waals surface area contributed by atoms with E-state index in [0.29, 0.717) is 5.92 Å². The van der Waals surface area contributed by atoms with Crippen LogP contribution in [0.25, 0.3) is 0 Å². The lowest BCUT2D eigenvalue weighted by Crippen LogP contribution is -2.20. The molecule has 0 amide bonds. The summed E-state index contributed by atoms with van der Waals surface area (Å²) in [6.45, 7) is 9.80. The summed E-state index contributed by atoms with van der Waals surface area (Å²) in [6, 6.07) is 2.08. The van der Waals surface area contributed by atoms with E-state index in [0.717, 1.165) is 26.9 Å². The summed E-state index contributed by atoms with van der Waals surface area (Å²) in [5.74, 6) is 1.15. The maximum Gasteiger partial charge on any atom is 0.128 e. The van der Waals surface area contributed by atoms with E-state index in [1.165, 1.54) is 0 Å². The van der Waals surface area contributed by atoms with Crippen molar-refractivity contribution in [3.63, 3.8) is 0 Å². The number of benzene rings is 1. The summed E-state index contributed by atoms with van der Waals surface area (Å²) >= 11 is 3.55. The zero-order valence-electron chi connectivity index (χ0n) is 11.4. The Balaban J connectivity index is 3.66. The quantitative estimate of drug-likeness (QED) is 0.910. The van der Waals surface area contributed by atoms with Crippen LogP contribution in [0.3, 0.4) is 0 Å². The second-order valence-electron chi connectivity index (χ2n) is 5.19. The van der Waals surface area contributed by atoms with Crippen molar-refractivity contribution in [1.29, 1.82) is 0 Å². The van der Waals surface area contributed by atoms with E-state index in [-0.39, 0.29) is 0 Å². The van der Waals surface area contributed by atoms with Gasteiger partial charge in [-0.2, -0.15) is 0 Å². The molecule has 0 fully saturated rings. The molecule has 1 N–H and O–H groups in total. The van der Waals surface area contributed by atoms with Crippen molar-refractivity contribution in [3.8, 4) is 5.75 Å². The van der Waals surface area contributed by atoms with E-state index in [1.54, 1.807) is 21.0 Å². The lowest BCUT2D eigenvalue weighted by Gasteiger charge is -2.27. The third kappa shape index (κ3) is 2.83. The molecule has 0 aliphatic heterocycles. The second kappa shape index (κ2) is 4.99. The molecule has 0 heterocycles. The van der Waals surface area contributed by atoms with Gasteiger partial charge in [-0.1, -0.05) is 29.8 Å².